The Kier molecular flexibility index (Phi) is 1.57. The summed E-state index contributed by atoms with van der Waals surface area (Å²) >= 11 is 0. The molecule has 4 heteroatoms. The van der Waals surface area contributed by atoms with E-state index in [1.54, 1.807) is 0 Å². The van der Waals surface area contributed by atoms with Gasteiger partial charge in [-0.3, -0.25) is 0 Å². The predicted octanol–water partition coefficient (Wildman–Crippen LogP) is 5.71. The summed E-state index contributed by atoms with van der Waals surface area (Å²) in [6, 6.07) is 0. The van der Waals surface area contributed by atoms with E-state index in [0.717, 1.165) is 79.7 Å². The molecular formula is C16H32O3Ti. The van der Waals surface area contributed by atoms with E-state index in [0.29, 0.717) is 13.2 Å². The molecule has 0 N–H and O–H groups in total. The normalized spacial score (nSPS) is 54.1. The van der Waals surface area contributed by atoms with Crippen LogP contribution in [-0.4, -0.2) is 13.2 Å². The number of rotatable bonds is 0. The molecule has 3 nitrogen and oxygen atoms in total. The van der Waals surface area contributed by atoms with E-state index in [2.05, 4.69) is 0 Å². The van der Waals surface area contributed by atoms with Gasteiger partial charge in [-0.25, -0.2) is 0 Å². The Morgan fingerprint density at radius 3 is 1.10 bits per heavy atom. The number of hydrogen-bond donors (Lipinski definition) is 0. The predicted molar refractivity (Wildman–Crippen MR) is 78.4 cm³/mol. The van der Waals surface area contributed by atoms with Crippen molar-refractivity contribution in [2.24, 2.45) is 0 Å². The van der Waals surface area contributed by atoms with Crippen LogP contribution < -0.4 is 0 Å². The van der Waals surface area contributed by atoms with Crippen molar-refractivity contribution in [3.63, 3.8) is 0 Å². The monoisotopic (exact) mass is 320 g/mol. The van der Waals surface area contributed by atoms with E-state index in [1.165, 1.54) is 0 Å². The molecule has 0 amide bonds. The van der Waals surface area contributed by atoms with Crippen LogP contribution in [0.15, 0.2) is 0 Å². The van der Waals surface area contributed by atoms with Crippen molar-refractivity contribution in [3.8, 4) is 0 Å². The molecule has 4 saturated heterocycles. The summed E-state index contributed by atoms with van der Waals surface area (Å²) in [6.45, 7) is 1.35. The van der Waals surface area contributed by atoms with Gasteiger partial charge in [-0.1, -0.05) is 0 Å². The van der Waals surface area contributed by atoms with Crippen LogP contribution in [-0.2, 0) is 20.9 Å². The maximum atomic E-state index is 16.3. The Bertz CT molecular complexity index is 581. The molecule has 118 valence electrons. The van der Waals surface area contributed by atoms with Gasteiger partial charge in [0.1, 0.15) is 0 Å². The molecule has 0 aliphatic carbocycles. The van der Waals surface area contributed by atoms with Gasteiger partial charge in [0.25, 0.3) is 0 Å². The van der Waals surface area contributed by atoms with E-state index < -0.39 is 10.9 Å². The molecule has 4 aliphatic rings. The molecule has 4 aliphatic heterocycles. The first-order valence-electron chi connectivity index (χ1n) is 9.31. The molecule has 0 aromatic carbocycles. The van der Waals surface area contributed by atoms with E-state index in [4.69, 9.17) is 6.64 Å². The molecule has 0 bridgehead atoms. The molecule has 0 aromatic heterocycles. The van der Waals surface area contributed by atoms with Crippen LogP contribution in [0.3, 0.4) is 0 Å². The summed E-state index contributed by atoms with van der Waals surface area (Å²) in [5.74, 6) is 0. The van der Waals surface area contributed by atoms with E-state index in [-0.39, 0.29) is 0 Å². The van der Waals surface area contributed by atoms with Crippen LogP contribution in [0, 0.1) is 0 Å². The van der Waals surface area contributed by atoms with E-state index in [9.17, 15) is 0 Å². The first-order chi connectivity index (χ1) is 9.22. The molecular weight excluding hydrogens is 288 g/mol. The van der Waals surface area contributed by atoms with Gasteiger partial charge in [0.15, 0.2) is 0 Å². The first kappa shape index (κ1) is 14.1. The number of hydrogen-bond acceptors (Lipinski definition) is 3. The van der Waals surface area contributed by atoms with Crippen LogP contribution >= 0.6 is 0 Å². The Morgan fingerprint density at radius 1 is 0.500 bits per heavy atom. The van der Waals surface area contributed by atoms with Gasteiger partial charge in [-0.2, -0.15) is 0 Å². The van der Waals surface area contributed by atoms with Crippen LogP contribution in [0.25, 0.3) is 0 Å². The molecule has 4 rings (SSSR count). The second-order valence-corrected chi connectivity index (χ2v) is 37.8. The molecule has 0 unspecified atom stereocenters. The van der Waals surface area contributed by atoms with Gasteiger partial charge in [0.05, 0.1) is 0 Å². The van der Waals surface area contributed by atoms with Gasteiger partial charge in [0, 0.05) is 0 Å². The van der Waals surface area contributed by atoms with Gasteiger partial charge in [0.2, 0.25) is 0 Å². The van der Waals surface area contributed by atoms with Gasteiger partial charge in [-0.05, 0) is 0 Å². The second kappa shape index (κ2) is 2.23. The third-order valence-corrected chi connectivity index (χ3v) is 42.0. The van der Waals surface area contributed by atoms with Gasteiger partial charge >= 0.3 is 114 Å². The minimum absolute atomic E-state index is 0.673. The van der Waals surface area contributed by atoms with Crippen molar-refractivity contribution in [2.45, 2.75) is 79.7 Å². The fourth-order valence-corrected chi connectivity index (χ4v) is 40.4. The topological polar surface area (TPSA) is 35.5 Å². The van der Waals surface area contributed by atoms with Crippen molar-refractivity contribution >= 4 is 0 Å². The minimum atomic E-state index is -6.32. The summed E-state index contributed by atoms with van der Waals surface area (Å²) in [6.07, 6.45) is 8.31. The fraction of sp³-hybridized carbons (Fsp3) is 1.00. The van der Waals surface area contributed by atoms with Crippen LogP contribution in [0.1, 0.15) is 51.4 Å². The van der Waals surface area contributed by atoms with Crippen molar-refractivity contribution < 1.29 is 20.9 Å². The summed E-state index contributed by atoms with van der Waals surface area (Å²) < 4.78 is 34.9. The molecule has 0 radical (unpaired) electrons. The van der Waals surface area contributed by atoms with Crippen molar-refractivity contribution in [1.82, 2.24) is 0 Å². The third-order valence-electron chi connectivity index (χ3n) is 11.2. The van der Waals surface area contributed by atoms with Crippen molar-refractivity contribution in [3.05, 3.63) is 0 Å². The molecule has 1 spiro atoms. The Labute approximate surface area is 114 Å². The summed E-state index contributed by atoms with van der Waals surface area (Å²) in [5, 5.41) is 0. The quantitative estimate of drug-likeness (QED) is 0.536. The zero-order valence-corrected chi connectivity index (χ0v) is 14.6. The average molecular weight is 320 g/mol. The summed E-state index contributed by atoms with van der Waals surface area (Å²) in [4.78, 5) is 0. The van der Waals surface area contributed by atoms with Gasteiger partial charge in [-0.15, -0.1) is 0 Å². The Morgan fingerprint density at radius 2 is 0.800 bits per heavy atom. The van der Waals surface area contributed by atoms with E-state index >= 15 is 3.32 Å². The zero-order valence-electron chi connectivity index (χ0n) is 13.0. The second-order valence-electron chi connectivity index (χ2n) is 11.6. The molecule has 0 saturated carbocycles. The molecule has 0 aromatic rings. The Balaban J connectivity index is 2.28. The SMILES string of the molecule is [O]=[Ti]1234([CH2]CC[CH2]1)([CH2]CC[CH2]2)([CH2]CC[CH2]3)[O]CCCC[O]4. The fourth-order valence-electron chi connectivity index (χ4n) is 9.96. The van der Waals surface area contributed by atoms with Crippen LogP contribution in [0.4, 0.5) is 0 Å². The first-order valence-corrected chi connectivity index (χ1v) is 17.8. The molecule has 4 heterocycles. The molecule has 20 heavy (non-hydrogen) atoms. The van der Waals surface area contributed by atoms with Gasteiger partial charge < -0.3 is 0 Å². The standard InChI is InChI=1S/C4H8O2.3C4H8.O.Ti/c5-3-1-2-4-6;3*1-3-4-2;;/h1-4H2;3*1-4H2;;/q-2;;;;;+2. The molecule has 0 atom stereocenters. The van der Waals surface area contributed by atoms with Crippen LogP contribution in [0.2, 0.25) is 28.4 Å². The van der Waals surface area contributed by atoms with Crippen LogP contribution in [0.5, 0.6) is 0 Å². The Hall–Kier alpha value is 0.434. The average Bonchev–Trinajstić information content (AvgIpc) is 2.98. The zero-order chi connectivity index (χ0) is 14.1. The summed E-state index contributed by atoms with van der Waals surface area (Å²) in [5.41, 5.74) is 0. The maximum absolute atomic E-state index is 16.3. The van der Waals surface area contributed by atoms with Crippen molar-refractivity contribution in [2.75, 3.05) is 13.2 Å². The molecule has 4 fully saturated rings. The third kappa shape index (κ3) is 0.911. The van der Waals surface area contributed by atoms with E-state index in [1.807, 2.05) is 0 Å². The summed E-state index contributed by atoms with van der Waals surface area (Å²) in [7, 11) is -6.32. The van der Waals surface area contributed by atoms with Crippen molar-refractivity contribution in [1.29, 1.82) is 0 Å².